The Morgan fingerprint density at radius 3 is 2.40 bits per heavy atom. The van der Waals surface area contributed by atoms with Crippen molar-refractivity contribution < 1.29 is 13.2 Å². The third-order valence-corrected chi connectivity index (χ3v) is 5.70. The number of piperidine rings is 1. The topological polar surface area (TPSA) is 57.7 Å². The quantitative estimate of drug-likeness (QED) is 0.827. The minimum absolute atomic E-state index is 0.209. The number of anilines is 2. The highest BCUT2D eigenvalue weighted by molar-refractivity contribution is 7.93. The van der Waals surface area contributed by atoms with Crippen LogP contribution in [0.25, 0.3) is 0 Å². The zero-order valence-corrected chi connectivity index (χ0v) is 12.1. The van der Waals surface area contributed by atoms with Crippen LogP contribution in [0.1, 0.15) is 19.3 Å². The van der Waals surface area contributed by atoms with E-state index in [-0.39, 0.29) is 11.5 Å². The second-order valence-corrected chi connectivity index (χ2v) is 7.31. The predicted molar refractivity (Wildman–Crippen MR) is 78.6 cm³/mol. The zero-order chi connectivity index (χ0) is 14.2. The van der Waals surface area contributed by atoms with E-state index in [1.54, 1.807) is 0 Å². The Bertz CT molecular complexity index is 627. The number of nitrogens with zero attached hydrogens (tertiary/aromatic N) is 2. The van der Waals surface area contributed by atoms with Crippen molar-refractivity contribution in [3.8, 4) is 0 Å². The van der Waals surface area contributed by atoms with Gasteiger partial charge in [0.15, 0.2) is 5.78 Å². The van der Waals surface area contributed by atoms with Gasteiger partial charge in [-0.1, -0.05) is 12.1 Å². The van der Waals surface area contributed by atoms with Gasteiger partial charge in [0.05, 0.1) is 23.7 Å². The second-order valence-electron chi connectivity index (χ2n) is 5.29. The van der Waals surface area contributed by atoms with Crippen molar-refractivity contribution >= 4 is 27.2 Å². The van der Waals surface area contributed by atoms with Crippen molar-refractivity contribution in [1.82, 2.24) is 0 Å². The second kappa shape index (κ2) is 5.09. The first-order valence-corrected chi connectivity index (χ1v) is 8.55. The molecule has 6 heteroatoms. The fourth-order valence-electron chi connectivity index (χ4n) is 2.90. The van der Waals surface area contributed by atoms with Crippen molar-refractivity contribution in [3.63, 3.8) is 0 Å². The Morgan fingerprint density at radius 1 is 1.00 bits per heavy atom. The first-order valence-electron chi connectivity index (χ1n) is 6.94. The van der Waals surface area contributed by atoms with Crippen molar-refractivity contribution in [2.75, 3.05) is 34.6 Å². The lowest BCUT2D eigenvalue weighted by Crippen LogP contribution is -2.37. The van der Waals surface area contributed by atoms with Gasteiger partial charge in [-0.3, -0.25) is 9.10 Å². The normalized spacial score (nSPS) is 22.3. The molecule has 1 aromatic rings. The molecule has 0 unspecified atom stereocenters. The maximum absolute atomic E-state index is 12.1. The van der Waals surface area contributed by atoms with Gasteiger partial charge in [-0.05, 0) is 25.0 Å². The van der Waals surface area contributed by atoms with E-state index in [1.165, 1.54) is 4.31 Å². The zero-order valence-electron chi connectivity index (χ0n) is 11.3. The third-order valence-electron chi connectivity index (χ3n) is 3.84. The summed E-state index contributed by atoms with van der Waals surface area (Å²) in [6.07, 6.45) is 2.12. The molecule has 0 N–H and O–H groups in total. The molecule has 3 rings (SSSR count). The van der Waals surface area contributed by atoms with E-state index in [0.29, 0.717) is 31.6 Å². The molecule has 0 aliphatic carbocycles. The highest BCUT2D eigenvalue weighted by Crippen LogP contribution is 2.34. The van der Waals surface area contributed by atoms with Crippen LogP contribution in [0.3, 0.4) is 0 Å². The number of hydrogen-bond donors (Lipinski definition) is 0. The van der Waals surface area contributed by atoms with Crippen LogP contribution < -0.4 is 9.21 Å². The van der Waals surface area contributed by atoms with Crippen LogP contribution in [-0.2, 0) is 14.8 Å². The molecular weight excluding hydrogens is 276 g/mol. The summed E-state index contributed by atoms with van der Waals surface area (Å²) in [5.74, 6) is 0.426. The fourth-order valence-corrected chi connectivity index (χ4v) is 4.47. The van der Waals surface area contributed by atoms with Gasteiger partial charge >= 0.3 is 0 Å². The highest BCUT2D eigenvalue weighted by atomic mass is 32.2. The SMILES string of the molecule is O=C1CCCN(c2ccccc2N2CCCS2(=O)=O)C1. The number of Topliss-reactive ketones (excluding diaryl/α,β-unsaturated/α-hetero) is 1. The molecule has 0 radical (unpaired) electrons. The lowest BCUT2D eigenvalue weighted by atomic mass is 10.1. The minimum atomic E-state index is -3.19. The standard InChI is InChI=1S/C14H18N2O3S/c17-12-5-3-8-15(11-12)13-6-1-2-7-14(13)16-9-4-10-20(16,18)19/h1-2,6-7H,3-5,8-11H2. The smallest absolute Gasteiger partial charge is 0.235 e. The molecule has 2 aliphatic heterocycles. The van der Waals surface area contributed by atoms with Crippen molar-refractivity contribution in [2.24, 2.45) is 0 Å². The summed E-state index contributed by atoms with van der Waals surface area (Å²) in [4.78, 5) is 13.6. The molecule has 2 saturated heterocycles. The molecule has 0 bridgehead atoms. The van der Waals surface area contributed by atoms with Gasteiger partial charge in [-0.25, -0.2) is 8.42 Å². The van der Waals surface area contributed by atoms with Crippen LogP contribution >= 0.6 is 0 Å². The molecule has 0 amide bonds. The Labute approximate surface area is 119 Å². The predicted octanol–water partition coefficient (Wildman–Crippen LogP) is 1.40. The lowest BCUT2D eigenvalue weighted by Gasteiger charge is -2.31. The Morgan fingerprint density at radius 2 is 1.75 bits per heavy atom. The van der Waals surface area contributed by atoms with Gasteiger partial charge in [0.1, 0.15) is 0 Å². The van der Waals surface area contributed by atoms with Gasteiger partial charge in [0, 0.05) is 19.5 Å². The number of ketones is 1. The Balaban J connectivity index is 1.98. The van der Waals surface area contributed by atoms with E-state index in [9.17, 15) is 13.2 Å². The number of carbonyl (C=O) groups is 1. The molecule has 108 valence electrons. The molecule has 0 aromatic heterocycles. The molecule has 5 nitrogen and oxygen atoms in total. The van der Waals surface area contributed by atoms with E-state index >= 15 is 0 Å². The van der Waals surface area contributed by atoms with E-state index in [4.69, 9.17) is 0 Å². The molecule has 1 aromatic carbocycles. The van der Waals surface area contributed by atoms with Crippen LogP contribution in [-0.4, -0.2) is 39.6 Å². The lowest BCUT2D eigenvalue weighted by molar-refractivity contribution is -0.118. The number of rotatable bonds is 2. The summed E-state index contributed by atoms with van der Waals surface area (Å²) in [6, 6.07) is 7.47. The average Bonchev–Trinajstić information content (AvgIpc) is 2.78. The number of benzene rings is 1. The van der Waals surface area contributed by atoms with Gasteiger partial charge in [0.25, 0.3) is 0 Å². The van der Waals surface area contributed by atoms with Crippen LogP contribution in [0.15, 0.2) is 24.3 Å². The summed E-state index contributed by atoms with van der Waals surface area (Å²) >= 11 is 0. The first kappa shape index (κ1) is 13.4. The summed E-state index contributed by atoms with van der Waals surface area (Å²) in [6.45, 7) is 1.71. The average molecular weight is 294 g/mol. The maximum atomic E-state index is 12.1. The van der Waals surface area contributed by atoms with Crippen LogP contribution in [0, 0.1) is 0 Å². The van der Waals surface area contributed by atoms with Crippen LogP contribution in [0.2, 0.25) is 0 Å². The van der Waals surface area contributed by atoms with E-state index in [1.807, 2.05) is 29.2 Å². The van der Waals surface area contributed by atoms with Crippen molar-refractivity contribution in [3.05, 3.63) is 24.3 Å². The maximum Gasteiger partial charge on any atom is 0.235 e. The molecule has 20 heavy (non-hydrogen) atoms. The van der Waals surface area contributed by atoms with E-state index in [0.717, 1.165) is 18.7 Å². The number of sulfonamides is 1. The van der Waals surface area contributed by atoms with Crippen LogP contribution in [0.5, 0.6) is 0 Å². The van der Waals surface area contributed by atoms with Crippen molar-refractivity contribution in [2.45, 2.75) is 19.3 Å². The number of para-hydroxylation sites is 2. The van der Waals surface area contributed by atoms with Gasteiger partial charge in [-0.2, -0.15) is 0 Å². The molecule has 2 aliphatic rings. The molecule has 0 saturated carbocycles. The molecule has 2 heterocycles. The summed E-state index contributed by atoms with van der Waals surface area (Å²) in [7, 11) is -3.19. The molecule has 0 spiro atoms. The fraction of sp³-hybridized carbons (Fsp3) is 0.500. The monoisotopic (exact) mass is 294 g/mol. The summed E-state index contributed by atoms with van der Waals surface area (Å²) in [5.41, 5.74) is 1.56. The van der Waals surface area contributed by atoms with Gasteiger partial charge in [-0.15, -0.1) is 0 Å². The number of carbonyl (C=O) groups excluding carboxylic acids is 1. The number of hydrogen-bond acceptors (Lipinski definition) is 4. The Hall–Kier alpha value is -1.56. The Kier molecular flexibility index (Phi) is 3.41. The molecule has 2 fully saturated rings. The highest BCUT2D eigenvalue weighted by Gasteiger charge is 2.31. The van der Waals surface area contributed by atoms with E-state index in [2.05, 4.69) is 0 Å². The minimum Gasteiger partial charge on any atom is -0.362 e. The summed E-state index contributed by atoms with van der Waals surface area (Å²) < 4.78 is 25.7. The van der Waals surface area contributed by atoms with E-state index < -0.39 is 10.0 Å². The summed E-state index contributed by atoms with van der Waals surface area (Å²) in [5, 5.41) is 0. The van der Waals surface area contributed by atoms with Crippen molar-refractivity contribution in [1.29, 1.82) is 0 Å². The molecular formula is C14H18N2O3S. The first-order chi connectivity index (χ1) is 9.58. The van der Waals surface area contributed by atoms with Gasteiger partial charge < -0.3 is 4.90 Å². The van der Waals surface area contributed by atoms with Crippen LogP contribution in [0.4, 0.5) is 11.4 Å². The molecule has 0 atom stereocenters. The largest absolute Gasteiger partial charge is 0.362 e. The van der Waals surface area contributed by atoms with Gasteiger partial charge in [0.2, 0.25) is 10.0 Å². The third kappa shape index (κ3) is 2.40.